The zero-order chi connectivity index (χ0) is 9.54. The first-order valence-corrected chi connectivity index (χ1v) is 4.59. The van der Waals surface area contributed by atoms with Crippen LogP contribution in [0.4, 0.5) is 5.69 Å². The third kappa shape index (κ3) is 1.04. The Morgan fingerprint density at radius 3 is 3.36 bits per heavy atom. The fourth-order valence-electron chi connectivity index (χ4n) is 1.64. The van der Waals surface area contributed by atoms with E-state index in [1.165, 1.54) is 6.39 Å². The van der Waals surface area contributed by atoms with Gasteiger partial charge in [-0.15, -0.1) is 0 Å². The molecule has 0 aliphatic carbocycles. The van der Waals surface area contributed by atoms with Crippen molar-refractivity contribution in [2.75, 3.05) is 11.9 Å². The van der Waals surface area contributed by atoms with Gasteiger partial charge in [-0.05, 0) is 13.0 Å². The number of hydrogen-bond acceptors (Lipinski definition) is 4. The number of aromatic nitrogens is 1. The first-order chi connectivity index (χ1) is 6.83. The Morgan fingerprint density at radius 1 is 1.50 bits per heavy atom. The number of anilines is 1. The molecule has 72 valence electrons. The molecule has 2 heterocycles. The number of rotatable bonds is 0. The quantitative estimate of drug-likeness (QED) is 0.690. The van der Waals surface area contributed by atoms with Crippen molar-refractivity contribution in [3.63, 3.8) is 0 Å². The first-order valence-electron chi connectivity index (χ1n) is 4.59. The highest BCUT2D eigenvalue weighted by Crippen LogP contribution is 2.32. The van der Waals surface area contributed by atoms with E-state index in [1.807, 2.05) is 12.1 Å². The first kappa shape index (κ1) is 7.67. The van der Waals surface area contributed by atoms with E-state index in [-0.39, 0.29) is 0 Å². The second-order valence-corrected chi connectivity index (χ2v) is 3.52. The largest absolute Gasteiger partial charge is 0.489 e. The molecule has 1 unspecified atom stereocenters. The van der Waals surface area contributed by atoms with Gasteiger partial charge < -0.3 is 14.5 Å². The summed E-state index contributed by atoms with van der Waals surface area (Å²) in [7, 11) is 0. The van der Waals surface area contributed by atoms with Gasteiger partial charge in [-0.2, -0.15) is 0 Å². The Bertz CT molecular complexity index is 478. The third-order valence-electron chi connectivity index (χ3n) is 2.32. The van der Waals surface area contributed by atoms with E-state index in [1.54, 1.807) is 0 Å². The Labute approximate surface area is 80.9 Å². The van der Waals surface area contributed by atoms with E-state index in [9.17, 15) is 0 Å². The van der Waals surface area contributed by atoms with Crippen LogP contribution in [0.15, 0.2) is 22.9 Å². The number of nitrogens with one attached hydrogen (secondary N) is 1. The fourth-order valence-corrected chi connectivity index (χ4v) is 1.64. The van der Waals surface area contributed by atoms with E-state index < -0.39 is 0 Å². The van der Waals surface area contributed by atoms with Crippen LogP contribution in [0.2, 0.25) is 0 Å². The summed E-state index contributed by atoms with van der Waals surface area (Å²) >= 11 is 0. The molecule has 1 aromatic heterocycles. The molecule has 14 heavy (non-hydrogen) atoms. The minimum Gasteiger partial charge on any atom is -0.489 e. The van der Waals surface area contributed by atoms with Crippen molar-refractivity contribution in [1.29, 1.82) is 0 Å². The van der Waals surface area contributed by atoms with Gasteiger partial charge in [0.05, 0.1) is 11.7 Å². The van der Waals surface area contributed by atoms with Gasteiger partial charge in [0.25, 0.3) is 0 Å². The van der Waals surface area contributed by atoms with E-state index in [0.29, 0.717) is 12.6 Å². The predicted octanol–water partition coefficient (Wildman–Crippen LogP) is 2.02. The standard InChI is InChI=1S/C10H10N2O2/c1-6-4-13-10-3-9-7(11-5-14-9)2-8(10)12-6/h2-3,5-6,12H,4H2,1H3. The number of oxazole rings is 1. The summed E-state index contributed by atoms with van der Waals surface area (Å²) in [6.07, 6.45) is 1.44. The molecule has 0 fully saturated rings. The van der Waals surface area contributed by atoms with E-state index in [4.69, 9.17) is 9.15 Å². The minimum atomic E-state index is 0.340. The van der Waals surface area contributed by atoms with Gasteiger partial charge in [-0.25, -0.2) is 4.98 Å². The summed E-state index contributed by atoms with van der Waals surface area (Å²) in [4.78, 5) is 4.09. The molecule has 4 heteroatoms. The average molecular weight is 190 g/mol. The molecule has 0 amide bonds. The number of benzene rings is 1. The van der Waals surface area contributed by atoms with Crippen molar-refractivity contribution in [2.24, 2.45) is 0 Å². The van der Waals surface area contributed by atoms with Crippen LogP contribution in [0.25, 0.3) is 11.1 Å². The average Bonchev–Trinajstić information content (AvgIpc) is 2.61. The lowest BCUT2D eigenvalue weighted by molar-refractivity contribution is 0.292. The van der Waals surface area contributed by atoms with E-state index >= 15 is 0 Å². The molecule has 0 radical (unpaired) electrons. The number of fused-ring (bicyclic) bond motifs is 2. The Morgan fingerprint density at radius 2 is 2.43 bits per heavy atom. The zero-order valence-corrected chi connectivity index (χ0v) is 7.78. The van der Waals surface area contributed by atoms with Crippen molar-refractivity contribution in [3.8, 4) is 5.75 Å². The lowest BCUT2D eigenvalue weighted by Gasteiger charge is -2.24. The highest BCUT2D eigenvalue weighted by atomic mass is 16.5. The van der Waals surface area contributed by atoms with E-state index in [0.717, 1.165) is 22.5 Å². The van der Waals surface area contributed by atoms with Crippen LogP contribution in [0.1, 0.15) is 6.92 Å². The van der Waals surface area contributed by atoms with Gasteiger partial charge in [0.15, 0.2) is 12.0 Å². The van der Waals surface area contributed by atoms with Crippen molar-refractivity contribution in [2.45, 2.75) is 13.0 Å². The number of hydrogen-bond donors (Lipinski definition) is 1. The molecular formula is C10H10N2O2. The Hall–Kier alpha value is -1.71. The Balaban J connectivity index is 2.19. The molecule has 1 N–H and O–H groups in total. The van der Waals surface area contributed by atoms with Crippen molar-refractivity contribution >= 4 is 16.8 Å². The molecule has 0 spiro atoms. The normalized spacial score (nSPS) is 19.9. The van der Waals surface area contributed by atoms with Gasteiger partial charge in [0.2, 0.25) is 0 Å². The minimum absolute atomic E-state index is 0.340. The molecule has 1 aliphatic heterocycles. The van der Waals surface area contributed by atoms with Gasteiger partial charge in [-0.3, -0.25) is 0 Å². The maximum absolute atomic E-state index is 5.56. The SMILES string of the molecule is CC1COc2cc3ocnc3cc2N1. The summed E-state index contributed by atoms with van der Waals surface area (Å²) in [5, 5.41) is 3.34. The lowest BCUT2D eigenvalue weighted by atomic mass is 10.2. The molecule has 1 atom stereocenters. The highest BCUT2D eigenvalue weighted by molar-refractivity contribution is 5.81. The van der Waals surface area contributed by atoms with E-state index in [2.05, 4.69) is 17.2 Å². The summed E-state index contributed by atoms with van der Waals surface area (Å²) in [5.74, 6) is 0.840. The lowest BCUT2D eigenvalue weighted by Crippen LogP contribution is -2.28. The smallest absolute Gasteiger partial charge is 0.181 e. The van der Waals surface area contributed by atoms with Crippen molar-refractivity contribution in [1.82, 2.24) is 4.98 Å². The second-order valence-electron chi connectivity index (χ2n) is 3.52. The van der Waals surface area contributed by atoms with Crippen LogP contribution in [0, 0.1) is 0 Å². The van der Waals surface area contributed by atoms with Gasteiger partial charge in [-0.1, -0.05) is 0 Å². The Kier molecular flexibility index (Phi) is 1.45. The van der Waals surface area contributed by atoms with Crippen LogP contribution >= 0.6 is 0 Å². The summed E-state index contributed by atoms with van der Waals surface area (Å²) in [6, 6.07) is 4.16. The topological polar surface area (TPSA) is 47.3 Å². The molecule has 0 saturated carbocycles. The van der Waals surface area contributed by atoms with Crippen LogP contribution in [-0.4, -0.2) is 17.6 Å². The molecule has 2 aromatic rings. The van der Waals surface area contributed by atoms with Gasteiger partial charge in [0, 0.05) is 6.07 Å². The maximum Gasteiger partial charge on any atom is 0.181 e. The second kappa shape index (κ2) is 2.64. The molecular weight excluding hydrogens is 180 g/mol. The molecule has 4 nitrogen and oxygen atoms in total. The molecule has 1 aliphatic rings. The van der Waals surface area contributed by atoms with Crippen LogP contribution in [0.3, 0.4) is 0 Å². The van der Waals surface area contributed by atoms with Crippen LogP contribution < -0.4 is 10.1 Å². The van der Waals surface area contributed by atoms with Crippen molar-refractivity contribution < 1.29 is 9.15 Å². The summed E-state index contributed by atoms with van der Waals surface area (Å²) in [5.41, 5.74) is 2.61. The van der Waals surface area contributed by atoms with Crippen LogP contribution in [-0.2, 0) is 0 Å². The predicted molar refractivity (Wildman–Crippen MR) is 52.6 cm³/mol. The molecule has 0 saturated heterocycles. The number of nitrogens with zero attached hydrogens (tertiary/aromatic N) is 1. The van der Waals surface area contributed by atoms with Gasteiger partial charge >= 0.3 is 0 Å². The fraction of sp³-hybridized carbons (Fsp3) is 0.300. The summed E-state index contributed by atoms with van der Waals surface area (Å²) < 4.78 is 10.8. The summed E-state index contributed by atoms with van der Waals surface area (Å²) in [6.45, 7) is 2.77. The monoisotopic (exact) mass is 190 g/mol. The number of ether oxygens (including phenoxy) is 1. The van der Waals surface area contributed by atoms with Crippen LogP contribution in [0.5, 0.6) is 5.75 Å². The zero-order valence-electron chi connectivity index (χ0n) is 7.78. The van der Waals surface area contributed by atoms with Crippen molar-refractivity contribution in [3.05, 3.63) is 18.5 Å². The third-order valence-corrected chi connectivity index (χ3v) is 2.32. The molecule has 0 bridgehead atoms. The maximum atomic E-state index is 5.56. The highest BCUT2D eigenvalue weighted by Gasteiger charge is 2.16. The molecule has 1 aromatic carbocycles. The molecule has 3 rings (SSSR count). The van der Waals surface area contributed by atoms with Gasteiger partial charge in [0.1, 0.15) is 17.9 Å².